The Morgan fingerprint density at radius 1 is 1.10 bits per heavy atom. The molecule has 1 N–H and O–H groups in total. The van der Waals surface area contributed by atoms with Crippen LogP contribution in [0.25, 0.3) is 0 Å². The first kappa shape index (κ1) is 13.3. The average molecular weight is 332 g/mol. The number of aromatic amines is 1. The predicted octanol–water partition coefficient (Wildman–Crippen LogP) is 3.22. The van der Waals surface area contributed by atoms with Crippen LogP contribution in [0.4, 0.5) is 0 Å². The number of nitrogens with one attached hydrogen (secondary N) is 1. The van der Waals surface area contributed by atoms with Crippen LogP contribution in [0.5, 0.6) is 0 Å². The lowest BCUT2D eigenvalue weighted by atomic mass is 9.69. The van der Waals surface area contributed by atoms with Crippen molar-refractivity contribution in [1.29, 1.82) is 0 Å². The van der Waals surface area contributed by atoms with Crippen molar-refractivity contribution in [2.75, 3.05) is 0 Å². The monoisotopic (exact) mass is 331 g/mol. The molecule has 4 heteroatoms. The largest absolute Gasteiger partial charge is 0.325 e. The maximum absolute atomic E-state index is 12.8. The quantitative estimate of drug-likeness (QED) is 0.872. The number of ketones is 1. The summed E-state index contributed by atoms with van der Waals surface area (Å²) in [7, 11) is 0. The van der Waals surface area contributed by atoms with Gasteiger partial charge < -0.3 is 4.98 Å². The molecule has 1 aliphatic rings. The van der Waals surface area contributed by atoms with Gasteiger partial charge in [-0.3, -0.25) is 9.59 Å². The van der Waals surface area contributed by atoms with E-state index >= 15 is 0 Å². The van der Waals surface area contributed by atoms with Crippen LogP contribution in [0.2, 0.25) is 0 Å². The fraction of sp³-hybridized carbons (Fsp3) is 0.250. The molecular weight excluding hydrogens is 318 g/mol. The van der Waals surface area contributed by atoms with Crippen molar-refractivity contribution in [2.45, 2.75) is 25.2 Å². The lowest BCUT2D eigenvalue weighted by Gasteiger charge is -2.33. The number of hydrogen-bond acceptors (Lipinski definition) is 2. The standard InChI is InChI=1S/C16H14BrNO2/c1-16(10-2-4-11(17)5-3-10)9-8-13-12(15(16)20)6-7-14(19)18-13/h2-7H,8-9H2,1H3,(H,18,19). The summed E-state index contributed by atoms with van der Waals surface area (Å²) in [5.74, 6) is 0.0809. The van der Waals surface area contributed by atoms with Gasteiger partial charge in [-0.15, -0.1) is 0 Å². The maximum Gasteiger partial charge on any atom is 0.248 e. The number of H-pyrrole nitrogens is 1. The zero-order valence-electron chi connectivity index (χ0n) is 11.1. The van der Waals surface area contributed by atoms with Crippen molar-refractivity contribution in [3.8, 4) is 0 Å². The Morgan fingerprint density at radius 3 is 2.50 bits per heavy atom. The number of hydrogen-bond donors (Lipinski definition) is 1. The summed E-state index contributed by atoms with van der Waals surface area (Å²) in [4.78, 5) is 26.9. The number of benzene rings is 1. The number of aryl methyl sites for hydroxylation is 1. The van der Waals surface area contributed by atoms with E-state index in [4.69, 9.17) is 0 Å². The second-order valence-corrected chi connectivity index (χ2v) is 6.30. The van der Waals surface area contributed by atoms with Crippen LogP contribution in [-0.4, -0.2) is 10.8 Å². The third kappa shape index (κ3) is 2.04. The number of aromatic nitrogens is 1. The average Bonchev–Trinajstić information content (AvgIpc) is 2.44. The Labute approximate surface area is 125 Å². The Balaban J connectivity index is 2.09. The molecule has 2 aromatic rings. The number of Topliss-reactive ketones (excluding diaryl/α,β-unsaturated/α-hetero) is 1. The highest BCUT2D eigenvalue weighted by atomic mass is 79.9. The zero-order chi connectivity index (χ0) is 14.3. The minimum absolute atomic E-state index is 0.0809. The minimum atomic E-state index is -0.522. The van der Waals surface area contributed by atoms with Crippen molar-refractivity contribution in [3.63, 3.8) is 0 Å². The van der Waals surface area contributed by atoms with Crippen LogP contribution in [0.1, 0.15) is 35.0 Å². The molecule has 1 heterocycles. The molecule has 0 saturated carbocycles. The highest BCUT2D eigenvalue weighted by Gasteiger charge is 2.40. The van der Waals surface area contributed by atoms with Gasteiger partial charge in [0.25, 0.3) is 0 Å². The number of rotatable bonds is 1. The Kier molecular flexibility index (Phi) is 3.13. The van der Waals surface area contributed by atoms with E-state index in [0.29, 0.717) is 18.4 Å². The van der Waals surface area contributed by atoms with E-state index in [2.05, 4.69) is 20.9 Å². The van der Waals surface area contributed by atoms with Gasteiger partial charge in [0.1, 0.15) is 0 Å². The van der Waals surface area contributed by atoms with Gasteiger partial charge in [-0.05, 0) is 43.5 Å². The van der Waals surface area contributed by atoms with Gasteiger partial charge in [0.15, 0.2) is 5.78 Å². The number of pyridine rings is 1. The summed E-state index contributed by atoms with van der Waals surface area (Å²) >= 11 is 3.41. The van der Waals surface area contributed by atoms with Crippen molar-refractivity contribution in [2.24, 2.45) is 0 Å². The van der Waals surface area contributed by atoms with Gasteiger partial charge in [-0.2, -0.15) is 0 Å². The molecule has 1 aliphatic carbocycles. The van der Waals surface area contributed by atoms with Crippen LogP contribution in [0.3, 0.4) is 0 Å². The van der Waals surface area contributed by atoms with Gasteiger partial charge in [-0.1, -0.05) is 28.1 Å². The summed E-state index contributed by atoms with van der Waals surface area (Å²) in [6, 6.07) is 10.9. The number of carbonyl (C=O) groups is 1. The lowest BCUT2D eigenvalue weighted by molar-refractivity contribution is 0.0874. The fourth-order valence-electron chi connectivity index (χ4n) is 2.81. The predicted molar refractivity (Wildman–Crippen MR) is 81.2 cm³/mol. The normalized spacial score (nSPS) is 21.6. The van der Waals surface area contributed by atoms with E-state index in [1.165, 1.54) is 6.07 Å². The molecule has 102 valence electrons. The van der Waals surface area contributed by atoms with Crippen LogP contribution in [0.15, 0.2) is 45.7 Å². The second kappa shape index (κ2) is 4.70. The Bertz CT molecular complexity index is 733. The molecule has 0 spiro atoms. The molecule has 0 fully saturated rings. The minimum Gasteiger partial charge on any atom is -0.325 e. The van der Waals surface area contributed by atoms with Crippen LogP contribution in [-0.2, 0) is 11.8 Å². The molecule has 1 aromatic heterocycles. The van der Waals surface area contributed by atoms with E-state index < -0.39 is 5.41 Å². The first-order chi connectivity index (χ1) is 9.50. The Morgan fingerprint density at radius 2 is 1.80 bits per heavy atom. The number of carbonyl (C=O) groups excluding carboxylic acids is 1. The SMILES string of the molecule is CC1(c2ccc(Br)cc2)CCc2[nH]c(=O)ccc2C1=O. The molecule has 0 aliphatic heterocycles. The smallest absolute Gasteiger partial charge is 0.248 e. The molecule has 0 bridgehead atoms. The summed E-state index contributed by atoms with van der Waals surface area (Å²) in [6.07, 6.45) is 1.42. The van der Waals surface area contributed by atoms with E-state index in [1.54, 1.807) is 6.07 Å². The molecular formula is C16H14BrNO2. The zero-order valence-corrected chi connectivity index (χ0v) is 12.7. The molecule has 0 amide bonds. The topological polar surface area (TPSA) is 49.9 Å². The molecule has 0 saturated heterocycles. The van der Waals surface area contributed by atoms with E-state index in [-0.39, 0.29) is 11.3 Å². The van der Waals surface area contributed by atoms with Crippen molar-refractivity contribution in [3.05, 3.63) is 68.0 Å². The van der Waals surface area contributed by atoms with Gasteiger partial charge in [-0.25, -0.2) is 0 Å². The molecule has 1 unspecified atom stereocenters. The molecule has 1 atom stereocenters. The van der Waals surface area contributed by atoms with E-state index in [1.807, 2.05) is 31.2 Å². The Hall–Kier alpha value is -1.68. The summed E-state index contributed by atoms with van der Waals surface area (Å²) in [5, 5.41) is 0. The third-order valence-corrected chi connectivity index (χ3v) is 4.63. The van der Waals surface area contributed by atoms with Gasteiger partial charge in [0.05, 0.1) is 5.41 Å². The van der Waals surface area contributed by atoms with Crippen molar-refractivity contribution in [1.82, 2.24) is 4.98 Å². The summed E-state index contributed by atoms with van der Waals surface area (Å²) < 4.78 is 0.998. The molecule has 3 nitrogen and oxygen atoms in total. The first-order valence-corrected chi connectivity index (χ1v) is 7.33. The molecule has 20 heavy (non-hydrogen) atoms. The number of halogens is 1. The molecule has 3 rings (SSSR count). The van der Waals surface area contributed by atoms with Gasteiger partial charge in [0.2, 0.25) is 5.56 Å². The fourth-order valence-corrected chi connectivity index (χ4v) is 3.07. The van der Waals surface area contributed by atoms with Crippen LogP contribution >= 0.6 is 15.9 Å². The number of fused-ring (bicyclic) bond motifs is 1. The third-order valence-electron chi connectivity index (χ3n) is 4.10. The lowest BCUT2D eigenvalue weighted by Crippen LogP contribution is -2.38. The van der Waals surface area contributed by atoms with E-state index in [0.717, 1.165) is 15.7 Å². The first-order valence-electron chi connectivity index (χ1n) is 6.54. The highest BCUT2D eigenvalue weighted by molar-refractivity contribution is 9.10. The second-order valence-electron chi connectivity index (χ2n) is 5.38. The van der Waals surface area contributed by atoms with Crippen molar-refractivity contribution < 1.29 is 4.79 Å². The molecule has 0 radical (unpaired) electrons. The van der Waals surface area contributed by atoms with Gasteiger partial charge >= 0.3 is 0 Å². The van der Waals surface area contributed by atoms with Crippen molar-refractivity contribution >= 4 is 21.7 Å². The summed E-state index contributed by atoms with van der Waals surface area (Å²) in [5.41, 5.74) is 1.75. The molecule has 1 aromatic carbocycles. The van der Waals surface area contributed by atoms with Gasteiger partial charge in [0, 0.05) is 21.8 Å². The summed E-state index contributed by atoms with van der Waals surface area (Å²) in [6.45, 7) is 1.98. The van der Waals surface area contributed by atoms with Crippen LogP contribution < -0.4 is 5.56 Å². The highest BCUT2D eigenvalue weighted by Crippen LogP contribution is 2.37. The maximum atomic E-state index is 12.8. The van der Waals surface area contributed by atoms with E-state index in [9.17, 15) is 9.59 Å². The van der Waals surface area contributed by atoms with Crippen LogP contribution in [0, 0.1) is 0 Å².